The first-order valence-electron chi connectivity index (χ1n) is 5.16. The van der Waals surface area contributed by atoms with E-state index in [-0.39, 0.29) is 23.6 Å². The quantitative estimate of drug-likeness (QED) is 0.635. The van der Waals surface area contributed by atoms with Crippen molar-refractivity contribution >= 4 is 11.8 Å². The van der Waals surface area contributed by atoms with Crippen LogP contribution in [0.3, 0.4) is 0 Å². The number of Topliss-reactive ketones (excluding diaryl/α,β-unsaturated/α-hetero) is 1. The number of esters is 1. The Bertz CT molecular complexity index is 235. The summed E-state index contributed by atoms with van der Waals surface area (Å²) >= 11 is 0. The van der Waals surface area contributed by atoms with Gasteiger partial charge in [0.15, 0.2) is 0 Å². The zero-order valence-corrected chi connectivity index (χ0v) is 9.08. The van der Waals surface area contributed by atoms with Crippen LogP contribution >= 0.6 is 0 Å². The van der Waals surface area contributed by atoms with E-state index in [1.54, 1.807) is 6.92 Å². The maximum atomic E-state index is 11.7. The standard InChI is InChI=1S/C11H18O3/c1-7-4-5-9(10(12)6-7)8(2)11(13)14-3/h7-9H,4-6H2,1-3H3/t7-,8+,9-/m1/s1. The van der Waals surface area contributed by atoms with Crippen molar-refractivity contribution in [1.29, 1.82) is 0 Å². The molecule has 0 aromatic heterocycles. The summed E-state index contributed by atoms with van der Waals surface area (Å²) < 4.78 is 4.65. The van der Waals surface area contributed by atoms with Crippen LogP contribution in [-0.4, -0.2) is 18.9 Å². The third kappa shape index (κ3) is 2.34. The van der Waals surface area contributed by atoms with E-state index in [9.17, 15) is 9.59 Å². The minimum Gasteiger partial charge on any atom is -0.469 e. The van der Waals surface area contributed by atoms with Crippen molar-refractivity contribution in [2.24, 2.45) is 17.8 Å². The van der Waals surface area contributed by atoms with E-state index in [1.165, 1.54) is 7.11 Å². The van der Waals surface area contributed by atoms with E-state index < -0.39 is 0 Å². The Balaban J connectivity index is 2.60. The molecular weight excluding hydrogens is 180 g/mol. The molecule has 0 bridgehead atoms. The van der Waals surface area contributed by atoms with Crippen LogP contribution in [0.5, 0.6) is 0 Å². The second-order valence-electron chi connectivity index (χ2n) is 4.27. The first kappa shape index (κ1) is 11.2. The molecule has 1 saturated carbocycles. The SMILES string of the molecule is COC(=O)[C@@H](C)[C@H]1CC[C@@H](C)CC1=O. The van der Waals surface area contributed by atoms with Crippen molar-refractivity contribution in [2.45, 2.75) is 33.1 Å². The first-order chi connectivity index (χ1) is 6.56. The van der Waals surface area contributed by atoms with E-state index >= 15 is 0 Å². The van der Waals surface area contributed by atoms with Crippen molar-refractivity contribution in [1.82, 2.24) is 0 Å². The molecule has 0 aromatic rings. The lowest BCUT2D eigenvalue weighted by molar-refractivity contribution is -0.150. The van der Waals surface area contributed by atoms with Gasteiger partial charge in [-0.25, -0.2) is 0 Å². The number of carbonyl (C=O) groups is 2. The average Bonchev–Trinajstić information content (AvgIpc) is 2.15. The van der Waals surface area contributed by atoms with Crippen LogP contribution in [0.25, 0.3) is 0 Å². The monoisotopic (exact) mass is 198 g/mol. The summed E-state index contributed by atoms with van der Waals surface area (Å²) in [6, 6.07) is 0. The molecule has 0 N–H and O–H groups in total. The molecule has 0 saturated heterocycles. The van der Waals surface area contributed by atoms with Gasteiger partial charge in [-0.3, -0.25) is 9.59 Å². The van der Waals surface area contributed by atoms with Gasteiger partial charge in [-0.2, -0.15) is 0 Å². The molecule has 0 heterocycles. The lowest BCUT2D eigenvalue weighted by Gasteiger charge is -2.27. The third-order valence-corrected chi connectivity index (χ3v) is 3.11. The van der Waals surface area contributed by atoms with Gasteiger partial charge in [0, 0.05) is 12.3 Å². The molecule has 1 rings (SSSR count). The van der Waals surface area contributed by atoms with Gasteiger partial charge in [-0.15, -0.1) is 0 Å². The molecule has 1 aliphatic carbocycles. The van der Waals surface area contributed by atoms with Crippen LogP contribution in [0.4, 0.5) is 0 Å². The number of ketones is 1. The minimum absolute atomic E-state index is 0.112. The molecule has 1 fully saturated rings. The van der Waals surface area contributed by atoms with Crippen LogP contribution in [0.2, 0.25) is 0 Å². The van der Waals surface area contributed by atoms with E-state index in [2.05, 4.69) is 11.7 Å². The first-order valence-corrected chi connectivity index (χ1v) is 5.16. The second-order valence-corrected chi connectivity index (χ2v) is 4.27. The van der Waals surface area contributed by atoms with Gasteiger partial charge in [0.25, 0.3) is 0 Å². The van der Waals surface area contributed by atoms with E-state index in [0.717, 1.165) is 12.8 Å². The van der Waals surface area contributed by atoms with Crippen molar-refractivity contribution in [3.8, 4) is 0 Å². The summed E-state index contributed by atoms with van der Waals surface area (Å²) in [4.78, 5) is 22.9. The van der Waals surface area contributed by atoms with E-state index in [0.29, 0.717) is 12.3 Å². The third-order valence-electron chi connectivity index (χ3n) is 3.11. The Morgan fingerprint density at radius 3 is 2.64 bits per heavy atom. The molecular formula is C11H18O3. The topological polar surface area (TPSA) is 43.4 Å². The molecule has 3 heteroatoms. The molecule has 0 unspecified atom stereocenters. The highest BCUT2D eigenvalue weighted by Gasteiger charge is 2.34. The Labute approximate surface area is 84.8 Å². The van der Waals surface area contributed by atoms with Gasteiger partial charge in [-0.1, -0.05) is 13.8 Å². The van der Waals surface area contributed by atoms with Gasteiger partial charge < -0.3 is 4.74 Å². The molecule has 0 aromatic carbocycles. The highest BCUT2D eigenvalue weighted by Crippen LogP contribution is 2.30. The van der Waals surface area contributed by atoms with E-state index in [4.69, 9.17) is 0 Å². The van der Waals surface area contributed by atoms with Crippen molar-refractivity contribution in [3.63, 3.8) is 0 Å². The molecule has 0 radical (unpaired) electrons. The lowest BCUT2D eigenvalue weighted by Crippen LogP contribution is -2.33. The average molecular weight is 198 g/mol. The fraction of sp³-hybridized carbons (Fsp3) is 0.818. The van der Waals surface area contributed by atoms with Crippen LogP contribution in [-0.2, 0) is 14.3 Å². The number of hydrogen-bond acceptors (Lipinski definition) is 3. The Morgan fingerprint density at radius 2 is 2.14 bits per heavy atom. The number of rotatable bonds is 2. The summed E-state index contributed by atoms with van der Waals surface area (Å²) in [5, 5.41) is 0. The molecule has 0 amide bonds. The number of carbonyl (C=O) groups excluding carboxylic acids is 2. The molecule has 80 valence electrons. The smallest absolute Gasteiger partial charge is 0.309 e. The maximum Gasteiger partial charge on any atom is 0.309 e. The zero-order chi connectivity index (χ0) is 10.7. The summed E-state index contributed by atoms with van der Waals surface area (Å²) in [6.45, 7) is 3.86. The van der Waals surface area contributed by atoms with E-state index in [1.807, 2.05) is 0 Å². The molecule has 14 heavy (non-hydrogen) atoms. The Hall–Kier alpha value is -0.860. The summed E-state index contributed by atoms with van der Waals surface area (Å²) in [5.74, 6) is 0.0433. The van der Waals surface area contributed by atoms with Crippen LogP contribution in [0, 0.1) is 17.8 Å². The zero-order valence-electron chi connectivity index (χ0n) is 9.08. The van der Waals surface area contributed by atoms with Crippen LogP contribution in [0.15, 0.2) is 0 Å². The molecule has 0 aliphatic heterocycles. The fourth-order valence-electron chi connectivity index (χ4n) is 2.10. The Morgan fingerprint density at radius 1 is 1.50 bits per heavy atom. The summed E-state index contributed by atoms with van der Waals surface area (Å²) in [5.41, 5.74) is 0. The maximum absolute atomic E-state index is 11.7. The predicted octanol–water partition coefficient (Wildman–Crippen LogP) is 1.80. The lowest BCUT2D eigenvalue weighted by atomic mass is 9.76. The second kappa shape index (κ2) is 4.58. The molecule has 3 nitrogen and oxygen atoms in total. The van der Waals surface area contributed by atoms with Crippen molar-refractivity contribution in [3.05, 3.63) is 0 Å². The van der Waals surface area contributed by atoms with Gasteiger partial charge in [0.2, 0.25) is 0 Å². The van der Waals surface area contributed by atoms with Gasteiger partial charge in [0.05, 0.1) is 13.0 Å². The molecule has 1 aliphatic rings. The Kier molecular flexibility index (Phi) is 3.67. The normalized spacial score (nSPS) is 29.8. The number of methoxy groups -OCH3 is 1. The van der Waals surface area contributed by atoms with Gasteiger partial charge >= 0.3 is 5.97 Å². The largest absolute Gasteiger partial charge is 0.469 e. The highest BCUT2D eigenvalue weighted by molar-refractivity contribution is 5.87. The predicted molar refractivity (Wildman–Crippen MR) is 52.7 cm³/mol. The molecule has 3 atom stereocenters. The minimum atomic E-state index is -0.278. The van der Waals surface area contributed by atoms with Crippen LogP contribution < -0.4 is 0 Å². The number of hydrogen-bond donors (Lipinski definition) is 0. The number of ether oxygens (including phenoxy) is 1. The summed E-state index contributed by atoms with van der Waals surface area (Å²) in [7, 11) is 1.37. The summed E-state index contributed by atoms with van der Waals surface area (Å²) in [6.07, 6.45) is 2.49. The fourth-order valence-corrected chi connectivity index (χ4v) is 2.10. The van der Waals surface area contributed by atoms with Crippen molar-refractivity contribution < 1.29 is 14.3 Å². The highest BCUT2D eigenvalue weighted by atomic mass is 16.5. The van der Waals surface area contributed by atoms with Crippen LogP contribution in [0.1, 0.15) is 33.1 Å². The van der Waals surface area contributed by atoms with Gasteiger partial charge in [0.1, 0.15) is 5.78 Å². The van der Waals surface area contributed by atoms with Crippen molar-refractivity contribution in [2.75, 3.05) is 7.11 Å². The van der Waals surface area contributed by atoms with Gasteiger partial charge in [-0.05, 0) is 18.8 Å². The molecule has 0 spiro atoms.